The fraction of sp³-hybridized carbons (Fsp3) is 0.0217. The molecule has 0 saturated carbocycles. The third-order valence-corrected chi connectivity index (χ3v) is 10.0. The van der Waals surface area contributed by atoms with Crippen LogP contribution in [0.1, 0.15) is 22.3 Å². The van der Waals surface area contributed by atoms with E-state index in [1.54, 1.807) is 0 Å². The van der Waals surface area contributed by atoms with Crippen LogP contribution < -0.4 is 4.74 Å². The highest BCUT2D eigenvalue weighted by atomic mass is 16.5. The first-order valence-electron chi connectivity index (χ1n) is 16.9. The summed E-state index contributed by atoms with van der Waals surface area (Å²) >= 11 is 0. The number of aromatic nitrogens is 3. The van der Waals surface area contributed by atoms with Gasteiger partial charge in [0.1, 0.15) is 11.5 Å². The van der Waals surface area contributed by atoms with Gasteiger partial charge in [-0.05, 0) is 52.6 Å². The van der Waals surface area contributed by atoms with Crippen molar-refractivity contribution in [1.82, 2.24) is 15.0 Å². The van der Waals surface area contributed by atoms with Crippen LogP contribution in [0.5, 0.6) is 11.5 Å². The van der Waals surface area contributed by atoms with Crippen molar-refractivity contribution in [1.29, 1.82) is 0 Å². The van der Waals surface area contributed by atoms with Crippen LogP contribution in [0.2, 0.25) is 0 Å². The van der Waals surface area contributed by atoms with E-state index in [0.717, 1.165) is 73.1 Å². The Bertz CT molecular complexity index is 2460. The molecule has 3 heterocycles. The average molecular weight is 640 g/mol. The molecule has 0 bridgehead atoms. The van der Waals surface area contributed by atoms with E-state index in [9.17, 15) is 0 Å². The lowest BCUT2D eigenvalue weighted by Crippen LogP contribution is -2.32. The van der Waals surface area contributed by atoms with Gasteiger partial charge in [-0.3, -0.25) is 4.98 Å². The molecular weight excluding hydrogens is 611 g/mol. The van der Waals surface area contributed by atoms with Gasteiger partial charge in [0, 0.05) is 39.6 Å². The number of pyridine rings is 1. The highest BCUT2D eigenvalue weighted by Crippen LogP contribution is 2.61. The molecule has 2 aromatic heterocycles. The van der Waals surface area contributed by atoms with Gasteiger partial charge in [-0.15, -0.1) is 0 Å². The van der Waals surface area contributed by atoms with Gasteiger partial charge in [-0.25, -0.2) is 9.97 Å². The summed E-state index contributed by atoms with van der Waals surface area (Å²) in [5.41, 5.74) is 13.4. The van der Waals surface area contributed by atoms with Gasteiger partial charge >= 0.3 is 0 Å². The molecule has 50 heavy (non-hydrogen) atoms. The number of ether oxygens (including phenoxy) is 1. The lowest BCUT2D eigenvalue weighted by molar-refractivity contribution is 0.436. The van der Waals surface area contributed by atoms with E-state index < -0.39 is 5.41 Å². The minimum Gasteiger partial charge on any atom is -0.457 e. The number of benzene rings is 6. The Morgan fingerprint density at radius 1 is 0.400 bits per heavy atom. The number of para-hydroxylation sites is 2. The van der Waals surface area contributed by atoms with Crippen molar-refractivity contribution in [3.8, 4) is 67.8 Å². The van der Waals surface area contributed by atoms with Crippen LogP contribution in [0.15, 0.2) is 176 Å². The molecule has 4 nitrogen and oxygen atoms in total. The molecule has 0 radical (unpaired) electrons. The largest absolute Gasteiger partial charge is 0.457 e. The molecule has 0 fully saturated rings. The van der Waals surface area contributed by atoms with E-state index in [1.165, 1.54) is 11.1 Å². The molecule has 4 heteroatoms. The predicted octanol–water partition coefficient (Wildman–Crippen LogP) is 11.0. The smallest absolute Gasteiger partial charge is 0.160 e. The molecular formula is C46H29N3O. The summed E-state index contributed by atoms with van der Waals surface area (Å²) in [6.07, 6.45) is 1.89. The van der Waals surface area contributed by atoms with E-state index in [4.69, 9.17) is 19.7 Å². The fourth-order valence-corrected chi connectivity index (χ4v) is 7.78. The summed E-state index contributed by atoms with van der Waals surface area (Å²) in [5, 5.41) is 0. The van der Waals surface area contributed by atoms with Crippen molar-refractivity contribution in [2.75, 3.05) is 0 Å². The molecule has 6 aromatic carbocycles. The molecule has 8 aromatic rings. The van der Waals surface area contributed by atoms with Crippen LogP contribution in [0, 0.1) is 0 Å². The Labute approximate surface area is 290 Å². The quantitative estimate of drug-likeness (QED) is 0.192. The molecule has 0 N–H and O–H groups in total. The zero-order valence-electron chi connectivity index (χ0n) is 27.0. The summed E-state index contributed by atoms with van der Waals surface area (Å²) in [6.45, 7) is 0. The summed E-state index contributed by atoms with van der Waals surface area (Å²) in [5.74, 6) is 2.46. The molecule has 1 aliphatic heterocycles. The highest BCUT2D eigenvalue weighted by Gasteiger charge is 2.51. The maximum atomic E-state index is 6.51. The number of rotatable bonds is 4. The average Bonchev–Trinajstić information content (AvgIpc) is 3.48. The Balaban J connectivity index is 1.11. The predicted molar refractivity (Wildman–Crippen MR) is 199 cm³/mol. The Hall–Kier alpha value is -6.65. The summed E-state index contributed by atoms with van der Waals surface area (Å²) in [7, 11) is 0. The lowest BCUT2D eigenvalue weighted by Gasteiger charge is -2.39. The van der Waals surface area contributed by atoms with Crippen LogP contribution in [0.3, 0.4) is 0 Å². The van der Waals surface area contributed by atoms with Crippen molar-refractivity contribution in [3.05, 3.63) is 198 Å². The first-order valence-corrected chi connectivity index (χ1v) is 16.9. The molecule has 0 unspecified atom stereocenters. The molecule has 0 amide bonds. The van der Waals surface area contributed by atoms with E-state index in [-0.39, 0.29) is 0 Å². The zero-order valence-corrected chi connectivity index (χ0v) is 27.0. The van der Waals surface area contributed by atoms with E-state index in [2.05, 4.69) is 115 Å². The fourth-order valence-electron chi connectivity index (χ4n) is 7.78. The van der Waals surface area contributed by atoms with Crippen molar-refractivity contribution in [2.45, 2.75) is 5.41 Å². The van der Waals surface area contributed by atoms with Gasteiger partial charge in [0.15, 0.2) is 5.82 Å². The maximum Gasteiger partial charge on any atom is 0.160 e. The van der Waals surface area contributed by atoms with Gasteiger partial charge in [-0.1, -0.05) is 140 Å². The second-order valence-corrected chi connectivity index (χ2v) is 12.8. The second kappa shape index (κ2) is 11.2. The van der Waals surface area contributed by atoms with Crippen molar-refractivity contribution >= 4 is 0 Å². The van der Waals surface area contributed by atoms with E-state index >= 15 is 0 Å². The van der Waals surface area contributed by atoms with Crippen molar-refractivity contribution in [3.63, 3.8) is 0 Å². The number of hydrogen-bond acceptors (Lipinski definition) is 4. The number of fused-ring (bicyclic) bond motifs is 9. The highest BCUT2D eigenvalue weighted by molar-refractivity contribution is 5.88. The minimum atomic E-state index is -0.553. The zero-order chi connectivity index (χ0) is 33.1. The second-order valence-electron chi connectivity index (χ2n) is 12.8. The topological polar surface area (TPSA) is 47.9 Å². The minimum absolute atomic E-state index is 0.553. The molecule has 2 aliphatic rings. The van der Waals surface area contributed by atoms with Crippen LogP contribution in [0.25, 0.3) is 56.3 Å². The van der Waals surface area contributed by atoms with Crippen LogP contribution >= 0.6 is 0 Å². The van der Waals surface area contributed by atoms with Crippen LogP contribution in [-0.2, 0) is 5.41 Å². The molecule has 1 aliphatic carbocycles. The van der Waals surface area contributed by atoms with E-state index in [1.807, 2.05) is 60.8 Å². The van der Waals surface area contributed by atoms with Crippen molar-refractivity contribution < 1.29 is 4.74 Å². The molecule has 0 atom stereocenters. The molecule has 1 spiro atoms. The van der Waals surface area contributed by atoms with Gasteiger partial charge in [0.25, 0.3) is 0 Å². The van der Waals surface area contributed by atoms with Crippen molar-refractivity contribution in [2.24, 2.45) is 0 Å². The first-order chi connectivity index (χ1) is 24.8. The van der Waals surface area contributed by atoms with Gasteiger partial charge in [0.05, 0.1) is 22.5 Å². The lowest BCUT2D eigenvalue weighted by atomic mass is 9.66. The van der Waals surface area contributed by atoms with E-state index in [0.29, 0.717) is 5.82 Å². The van der Waals surface area contributed by atoms with Gasteiger partial charge in [-0.2, -0.15) is 0 Å². The number of nitrogens with zero attached hydrogens (tertiary/aromatic N) is 3. The Morgan fingerprint density at radius 3 is 1.62 bits per heavy atom. The Morgan fingerprint density at radius 2 is 0.940 bits per heavy atom. The third kappa shape index (κ3) is 4.28. The standard InChI is InChI=1S/C46H29N3O/c1-3-12-31(13-4-1)40-29-41(49-45(48-40)33-14-5-2-6-15-33)32-23-21-30(22-24-32)34-25-26-35-39(28-34)46(38-18-11-27-47-44(35)38)36-16-7-9-19-42(36)50-43-20-10-8-17-37(43)46/h1-29H. The summed E-state index contributed by atoms with van der Waals surface area (Å²) in [4.78, 5) is 15.0. The molecule has 10 rings (SSSR count). The number of hydrogen-bond donors (Lipinski definition) is 0. The van der Waals surface area contributed by atoms with Crippen LogP contribution in [-0.4, -0.2) is 15.0 Å². The maximum absolute atomic E-state index is 6.51. The third-order valence-electron chi connectivity index (χ3n) is 10.0. The van der Waals surface area contributed by atoms with Gasteiger partial charge in [0.2, 0.25) is 0 Å². The SMILES string of the molecule is c1ccc(-c2cc(-c3ccc(-c4ccc5c(c4)C4(c6ccccc6Oc6ccccc64)c4cccnc4-5)cc3)nc(-c3ccccc3)n2)cc1. The molecule has 234 valence electrons. The van der Waals surface area contributed by atoms with Gasteiger partial charge < -0.3 is 4.74 Å². The van der Waals surface area contributed by atoms with Crippen LogP contribution in [0.4, 0.5) is 0 Å². The molecule has 0 saturated heterocycles. The first kappa shape index (κ1) is 28.4. The summed E-state index contributed by atoms with van der Waals surface area (Å²) in [6, 6.07) is 59.2. The Kier molecular flexibility index (Phi) is 6.36. The summed E-state index contributed by atoms with van der Waals surface area (Å²) < 4.78 is 6.51. The monoisotopic (exact) mass is 639 g/mol. The normalized spacial score (nSPS) is 13.1.